The van der Waals surface area contributed by atoms with E-state index < -0.39 is 0 Å². The lowest BCUT2D eigenvalue weighted by molar-refractivity contribution is 0.220. The number of hydrogen-bond acceptors (Lipinski definition) is 1. The summed E-state index contributed by atoms with van der Waals surface area (Å²) in [6, 6.07) is 6.79. The van der Waals surface area contributed by atoms with Crippen LogP contribution in [0.1, 0.15) is 17.5 Å². The molecule has 0 heterocycles. The molecule has 2 rings (SSSR count). The molecule has 1 atom stereocenters. The van der Waals surface area contributed by atoms with Crippen LogP contribution in [0.3, 0.4) is 0 Å². The van der Waals surface area contributed by atoms with Gasteiger partial charge in [-0.15, -0.1) is 13.2 Å². The fourth-order valence-corrected chi connectivity index (χ4v) is 3.01. The Hall–Kier alpha value is -1.05. The second kappa shape index (κ2) is 6.21. The van der Waals surface area contributed by atoms with Crippen LogP contribution < -0.4 is 0 Å². The van der Waals surface area contributed by atoms with E-state index in [-0.39, 0.29) is 0 Å². The molecule has 1 aliphatic carbocycles. The maximum atomic E-state index is 6.31. The fraction of sp³-hybridized carbons (Fsp3) is 0.375. The molecule has 0 aliphatic heterocycles. The molecule has 1 nitrogen and oxygen atoms in total. The number of halogens is 1. The second-order valence-electron chi connectivity index (χ2n) is 4.81. The van der Waals surface area contributed by atoms with E-state index in [9.17, 15) is 0 Å². The molecular weight excluding hydrogens is 242 g/mol. The Labute approximate surface area is 115 Å². The van der Waals surface area contributed by atoms with Crippen LogP contribution in [0.25, 0.3) is 0 Å². The summed E-state index contributed by atoms with van der Waals surface area (Å²) >= 11 is 6.31. The van der Waals surface area contributed by atoms with E-state index in [1.807, 2.05) is 24.3 Å². The maximum Gasteiger partial charge on any atom is 0.0441 e. The minimum Gasteiger partial charge on any atom is -0.293 e. The molecule has 0 amide bonds. The molecule has 0 N–H and O–H groups in total. The third-order valence-electron chi connectivity index (χ3n) is 3.65. The Morgan fingerprint density at radius 1 is 1.28 bits per heavy atom. The molecule has 0 bridgehead atoms. The van der Waals surface area contributed by atoms with Crippen LogP contribution in [0, 0.1) is 0 Å². The molecule has 2 heteroatoms. The van der Waals surface area contributed by atoms with Crippen molar-refractivity contribution in [3.05, 3.63) is 59.7 Å². The molecule has 0 spiro atoms. The Bertz CT molecular complexity index is 429. The van der Waals surface area contributed by atoms with Crippen LogP contribution in [-0.4, -0.2) is 24.0 Å². The van der Waals surface area contributed by atoms with Gasteiger partial charge in [0.25, 0.3) is 0 Å². The normalized spacial score (nSPS) is 18.4. The van der Waals surface area contributed by atoms with Gasteiger partial charge in [0.2, 0.25) is 0 Å². The predicted molar refractivity (Wildman–Crippen MR) is 79.2 cm³/mol. The summed E-state index contributed by atoms with van der Waals surface area (Å²) in [5.74, 6) is 0. The first-order valence-corrected chi connectivity index (χ1v) is 6.86. The first-order chi connectivity index (χ1) is 8.76. The molecule has 1 aromatic rings. The molecular formula is C16H20ClN. The van der Waals surface area contributed by atoms with E-state index in [4.69, 9.17) is 11.6 Å². The van der Waals surface area contributed by atoms with Gasteiger partial charge in [-0.2, -0.15) is 0 Å². The monoisotopic (exact) mass is 261 g/mol. The first kappa shape index (κ1) is 13.4. The van der Waals surface area contributed by atoms with Crippen LogP contribution in [0.15, 0.2) is 43.5 Å². The quantitative estimate of drug-likeness (QED) is 0.728. The molecule has 0 fully saturated rings. The zero-order chi connectivity index (χ0) is 13.0. The van der Waals surface area contributed by atoms with E-state index in [0.717, 1.165) is 31.0 Å². The zero-order valence-electron chi connectivity index (χ0n) is 10.7. The van der Waals surface area contributed by atoms with Gasteiger partial charge in [0.1, 0.15) is 0 Å². The third-order valence-corrected chi connectivity index (χ3v) is 4.00. The van der Waals surface area contributed by atoms with Crippen LogP contribution in [0.2, 0.25) is 5.02 Å². The van der Waals surface area contributed by atoms with E-state index in [1.165, 1.54) is 17.5 Å². The molecule has 0 saturated carbocycles. The Morgan fingerprint density at radius 3 is 2.67 bits per heavy atom. The van der Waals surface area contributed by atoms with Crippen molar-refractivity contribution < 1.29 is 0 Å². The number of aryl methyl sites for hydroxylation is 1. The Kier molecular flexibility index (Phi) is 4.62. The summed E-state index contributed by atoms with van der Waals surface area (Å²) in [4.78, 5) is 2.42. The van der Waals surface area contributed by atoms with Crippen LogP contribution in [0.4, 0.5) is 0 Å². The molecule has 1 aliphatic rings. The number of hydrogen-bond donors (Lipinski definition) is 0. The van der Waals surface area contributed by atoms with Crippen molar-refractivity contribution in [2.75, 3.05) is 13.1 Å². The van der Waals surface area contributed by atoms with E-state index >= 15 is 0 Å². The minimum atomic E-state index is 0.549. The molecule has 0 saturated heterocycles. The van der Waals surface area contributed by atoms with Crippen molar-refractivity contribution in [3.63, 3.8) is 0 Å². The van der Waals surface area contributed by atoms with Gasteiger partial charge >= 0.3 is 0 Å². The Morgan fingerprint density at radius 2 is 2.00 bits per heavy atom. The van der Waals surface area contributed by atoms with E-state index in [2.05, 4.69) is 24.1 Å². The lowest BCUT2D eigenvalue weighted by Gasteiger charge is -2.34. The summed E-state index contributed by atoms with van der Waals surface area (Å²) in [7, 11) is 0. The minimum absolute atomic E-state index is 0.549. The first-order valence-electron chi connectivity index (χ1n) is 6.48. The van der Waals surface area contributed by atoms with Crippen molar-refractivity contribution in [1.29, 1.82) is 0 Å². The van der Waals surface area contributed by atoms with Gasteiger partial charge < -0.3 is 0 Å². The smallest absolute Gasteiger partial charge is 0.0441 e. The van der Waals surface area contributed by atoms with Gasteiger partial charge in [0.15, 0.2) is 0 Å². The summed E-state index contributed by atoms with van der Waals surface area (Å²) in [5, 5.41) is 0.911. The molecule has 1 unspecified atom stereocenters. The number of nitrogens with zero attached hydrogens (tertiary/aromatic N) is 1. The molecule has 18 heavy (non-hydrogen) atoms. The highest BCUT2D eigenvalue weighted by Gasteiger charge is 2.24. The van der Waals surface area contributed by atoms with E-state index in [1.54, 1.807) is 0 Å². The largest absolute Gasteiger partial charge is 0.293 e. The van der Waals surface area contributed by atoms with Gasteiger partial charge in [-0.3, -0.25) is 4.90 Å². The number of rotatable bonds is 5. The molecule has 0 aromatic heterocycles. The van der Waals surface area contributed by atoms with Crippen molar-refractivity contribution in [2.45, 2.75) is 25.3 Å². The zero-order valence-corrected chi connectivity index (χ0v) is 11.5. The highest BCUT2D eigenvalue weighted by molar-refractivity contribution is 6.31. The van der Waals surface area contributed by atoms with E-state index in [0.29, 0.717) is 6.04 Å². The lowest BCUT2D eigenvalue weighted by atomic mass is 9.87. The standard InChI is InChI=1S/C16H20ClN/c1-3-10-18(11-4-2)14-9-8-13-6-5-7-16(17)15(13)12-14/h3-7,14H,1-2,8-12H2. The fourth-order valence-electron chi connectivity index (χ4n) is 2.74. The van der Waals surface area contributed by atoms with Crippen LogP contribution >= 0.6 is 11.6 Å². The van der Waals surface area contributed by atoms with Gasteiger partial charge in [-0.05, 0) is 36.5 Å². The van der Waals surface area contributed by atoms with Gasteiger partial charge in [-0.1, -0.05) is 35.9 Å². The molecule has 96 valence electrons. The van der Waals surface area contributed by atoms with Crippen molar-refractivity contribution >= 4 is 11.6 Å². The third kappa shape index (κ3) is 2.85. The topological polar surface area (TPSA) is 3.24 Å². The van der Waals surface area contributed by atoms with Crippen LogP contribution in [0.5, 0.6) is 0 Å². The summed E-state index contributed by atoms with van der Waals surface area (Å²) in [6.07, 6.45) is 7.27. The van der Waals surface area contributed by atoms with Gasteiger partial charge in [0.05, 0.1) is 0 Å². The maximum absolute atomic E-state index is 6.31. The van der Waals surface area contributed by atoms with Crippen molar-refractivity contribution in [3.8, 4) is 0 Å². The average molecular weight is 262 g/mol. The number of fused-ring (bicyclic) bond motifs is 1. The second-order valence-corrected chi connectivity index (χ2v) is 5.21. The molecule has 0 radical (unpaired) electrons. The summed E-state index contributed by atoms with van der Waals surface area (Å²) in [5.41, 5.74) is 2.74. The van der Waals surface area contributed by atoms with Crippen LogP contribution in [-0.2, 0) is 12.8 Å². The van der Waals surface area contributed by atoms with Gasteiger partial charge in [0, 0.05) is 24.2 Å². The summed E-state index contributed by atoms with van der Waals surface area (Å²) in [6.45, 7) is 9.50. The highest BCUT2D eigenvalue weighted by Crippen LogP contribution is 2.29. The highest BCUT2D eigenvalue weighted by atomic mass is 35.5. The number of benzene rings is 1. The van der Waals surface area contributed by atoms with Crippen molar-refractivity contribution in [2.24, 2.45) is 0 Å². The van der Waals surface area contributed by atoms with Gasteiger partial charge in [-0.25, -0.2) is 0 Å². The Balaban J connectivity index is 2.16. The summed E-state index contributed by atoms with van der Waals surface area (Å²) < 4.78 is 0. The predicted octanol–water partition coefficient (Wildman–Crippen LogP) is 3.87. The molecule has 1 aromatic carbocycles. The SMILES string of the molecule is C=CCN(CC=C)C1CCc2cccc(Cl)c2C1. The average Bonchev–Trinajstić information content (AvgIpc) is 2.39. The van der Waals surface area contributed by atoms with Crippen molar-refractivity contribution in [1.82, 2.24) is 4.90 Å². The lowest BCUT2D eigenvalue weighted by Crippen LogP contribution is -2.39.